The zero-order valence-electron chi connectivity index (χ0n) is 21.9. The van der Waals surface area contributed by atoms with Crippen molar-refractivity contribution in [3.8, 4) is 5.75 Å². The summed E-state index contributed by atoms with van der Waals surface area (Å²) >= 11 is 0. The average Bonchev–Trinajstić information content (AvgIpc) is 3.52. The summed E-state index contributed by atoms with van der Waals surface area (Å²) in [6, 6.07) is 15.4. The molecule has 8 heteroatoms. The van der Waals surface area contributed by atoms with Crippen LogP contribution in [-0.2, 0) is 0 Å². The minimum absolute atomic E-state index is 0.0367. The lowest BCUT2D eigenvalue weighted by molar-refractivity contribution is 0.240. The first kappa shape index (κ1) is 23.6. The Bertz CT molecular complexity index is 1310. The van der Waals surface area contributed by atoms with Gasteiger partial charge in [0.15, 0.2) is 5.82 Å². The molecule has 0 saturated heterocycles. The lowest BCUT2D eigenvalue weighted by Gasteiger charge is -2.42. The van der Waals surface area contributed by atoms with Crippen molar-refractivity contribution in [2.24, 2.45) is 0 Å². The van der Waals surface area contributed by atoms with Crippen LogP contribution in [0.5, 0.6) is 5.75 Å². The van der Waals surface area contributed by atoms with Gasteiger partial charge in [-0.15, -0.1) is 0 Å². The van der Waals surface area contributed by atoms with E-state index in [1.54, 1.807) is 0 Å². The molecular formula is C30H35N5O3. The third-order valence-electron chi connectivity index (χ3n) is 8.62. The quantitative estimate of drug-likeness (QED) is 0.369. The summed E-state index contributed by atoms with van der Waals surface area (Å²) in [6.07, 6.45) is 9.15. The van der Waals surface area contributed by atoms with E-state index in [1.807, 2.05) is 19.1 Å². The molecule has 8 nitrogen and oxygen atoms in total. The second kappa shape index (κ2) is 9.64. The average molecular weight is 514 g/mol. The van der Waals surface area contributed by atoms with E-state index in [4.69, 9.17) is 14.2 Å². The van der Waals surface area contributed by atoms with Crippen LogP contribution in [0.25, 0.3) is 0 Å². The van der Waals surface area contributed by atoms with Crippen molar-refractivity contribution in [1.29, 1.82) is 0 Å². The van der Waals surface area contributed by atoms with E-state index >= 15 is 0 Å². The normalized spacial score (nSPS) is 22.9. The lowest BCUT2D eigenvalue weighted by Crippen LogP contribution is -2.42. The standard InChI is InChI=1S/C30H35N5O3/c1-2-37-23-15-16-24-25(17-23)35(22-7-4-8-22)27(26(24)28-33-29(38-34-28)19-9-10-19)18-11-13-21(14-12-18)32-30(36)31-20-5-3-6-20/h11-17,19-20,22,26-27H,2-10H2,1H3,(H2,31,32,36). The first-order valence-corrected chi connectivity index (χ1v) is 14.2. The Morgan fingerprint density at radius 2 is 1.84 bits per heavy atom. The first-order valence-electron chi connectivity index (χ1n) is 14.2. The molecule has 2 amide bonds. The molecular weight excluding hydrogens is 478 g/mol. The molecule has 198 valence electrons. The van der Waals surface area contributed by atoms with Crippen molar-refractivity contribution < 1.29 is 14.1 Å². The van der Waals surface area contributed by atoms with Crippen LogP contribution in [0.3, 0.4) is 0 Å². The molecule has 0 spiro atoms. The van der Waals surface area contributed by atoms with E-state index in [1.165, 1.54) is 42.5 Å². The van der Waals surface area contributed by atoms with E-state index in [9.17, 15) is 4.79 Å². The van der Waals surface area contributed by atoms with Crippen molar-refractivity contribution in [2.75, 3.05) is 16.8 Å². The van der Waals surface area contributed by atoms with Gasteiger partial charge < -0.3 is 24.8 Å². The van der Waals surface area contributed by atoms with Crippen molar-refractivity contribution in [1.82, 2.24) is 15.5 Å². The third kappa shape index (κ3) is 4.29. The number of benzene rings is 2. The Morgan fingerprint density at radius 1 is 1.05 bits per heavy atom. The second-order valence-electron chi connectivity index (χ2n) is 11.2. The first-order chi connectivity index (χ1) is 18.7. The summed E-state index contributed by atoms with van der Waals surface area (Å²) in [5.74, 6) is 2.78. The molecule has 7 rings (SSSR count). The van der Waals surface area contributed by atoms with Gasteiger partial charge in [-0.2, -0.15) is 4.98 Å². The minimum atomic E-state index is -0.132. The van der Waals surface area contributed by atoms with Crippen molar-refractivity contribution in [2.45, 2.75) is 88.3 Å². The number of ether oxygens (including phenoxy) is 1. The summed E-state index contributed by atoms with van der Waals surface area (Å²) in [5, 5.41) is 10.6. The van der Waals surface area contributed by atoms with E-state index < -0.39 is 0 Å². The van der Waals surface area contributed by atoms with Gasteiger partial charge in [0.1, 0.15) is 5.75 Å². The molecule has 2 aromatic carbocycles. The van der Waals surface area contributed by atoms with E-state index in [-0.39, 0.29) is 18.0 Å². The summed E-state index contributed by atoms with van der Waals surface area (Å²) in [7, 11) is 0. The highest BCUT2D eigenvalue weighted by molar-refractivity contribution is 5.89. The van der Waals surface area contributed by atoms with Crippen LogP contribution in [-0.4, -0.2) is 34.9 Å². The highest BCUT2D eigenvalue weighted by Gasteiger charge is 2.47. The summed E-state index contributed by atoms with van der Waals surface area (Å²) in [5.41, 5.74) is 4.40. The van der Waals surface area contributed by atoms with Crippen LogP contribution >= 0.6 is 0 Å². The predicted octanol–water partition coefficient (Wildman–Crippen LogP) is 6.27. The molecule has 2 atom stereocenters. The molecule has 0 bridgehead atoms. The van der Waals surface area contributed by atoms with Gasteiger partial charge in [-0.05, 0) is 87.6 Å². The fourth-order valence-corrected chi connectivity index (χ4v) is 6.01. The SMILES string of the molecule is CCOc1ccc2c(c1)N(C1CCC1)C(c1ccc(NC(=O)NC3CCC3)cc1)C2c1noc(C2CC2)n1. The monoisotopic (exact) mass is 513 g/mol. The van der Waals surface area contributed by atoms with Crippen molar-refractivity contribution >= 4 is 17.4 Å². The number of hydrogen-bond acceptors (Lipinski definition) is 6. The van der Waals surface area contributed by atoms with E-state index in [0.29, 0.717) is 24.6 Å². The van der Waals surface area contributed by atoms with Gasteiger partial charge >= 0.3 is 6.03 Å². The van der Waals surface area contributed by atoms with Gasteiger partial charge in [0.25, 0.3) is 0 Å². The van der Waals surface area contributed by atoms with Crippen LogP contribution in [0.2, 0.25) is 0 Å². The number of aromatic nitrogens is 2. The van der Waals surface area contributed by atoms with Crippen LogP contribution in [0.4, 0.5) is 16.2 Å². The Morgan fingerprint density at radius 3 is 2.50 bits per heavy atom. The molecule has 3 aliphatic carbocycles. The molecule has 1 aliphatic heterocycles. The van der Waals surface area contributed by atoms with Crippen LogP contribution in [0.1, 0.15) is 99.0 Å². The van der Waals surface area contributed by atoms with Gasteiger partial charge in [0.05, 0.1) is 18.6 Å². The molecule has 1 aromatic heterocycles. The number of hydrogen-bond donors (Lipinski definition) is 2. The molecule has 0 radical (unpaired) electrons. The Hall–Kier alpha value is -3.55. The topological polar surface area (TPSA) is 92.5 Å². The Labute approximate surface area is 223 Å². The fourth-order valence-electron chi connectivity index (χ4n) is 6.01. The van der Waals surface area contributed by atoms with Crippen molar-refractivity contribution in [3.63, 3.8) is 0 Å². The maximum atomic E-state index is 12.4. The van der Waals surface area contributed by atoms with E-state index in [0.717, 1.165) is 48.8 Å². The number of urea groups is 1. The van der Waals surface area contributed by atoms with Crippen LogP contribution in [0.15, 0.2) is 47.0 Å². The van der Waals surface area contributed by atoms with E-state index in [2.05, 4.69) is 51.0 Å². The maximum Gasteiger partial charge on any atom is 0.319 e. The van der Waals surface area contributed by atoms with Gasteiger partial charge in [0, 0.05) is 35.4 Å². The molecule has 3 saturated carbocycles. The Kier molecular flexibility index (Phi) is 5.98. The number of rotatable bonds is 8. The van der Waals surface area contributed by atoms with Gasteiger partial charge in [-0.3, -0.25) is 0 Å². The minimum Gasteiger partial charge on any atom is -0.494 e. The molecule has 4 aliphatic rings. The molecule has 2 heterocycles. The third-order valence-corrected chi connectivity index (χ3v) is 8.62. The molecule has 3 aromatic rings. The molecule has 38 heavy (non-hydrogen) atoms. The summed E-state index contributed by atoms with van der Waals surface area (Å²) in [4.78, 5) is 19.9. The molecule has 3 fully saturated rings. The smallest absolute Gasteiger partial charge is 0.319 e. The second-order valence-corrected chi connectivity index (χ2v) is 11.2. The fraction of sp³-hybridized carbons (Fsp3) is 0.500. The number of amides is 2. The number of fused-ring (bicyclic) bond motifs is 1. The van der Waals surface area contributed by atoms with Gasteiger partial charge in [-0.1, -0.05) is 23.4 Å². The Balaban J connectivity index is 1.24. The highest BCUT2D eigenvalue weighted by atomic mass is 16.5. The van der Waals surface area contributed by atoms with Crippen LogP contribution < -0.4 is 20.3 Å². The largest absolute Gasteiger partial charge is 0.494 e. The predicted molar refractivity (Wildman–Crippen MR) is 145 cm³/mol. The number of nitrogens with zero attached hydrogens (tertiary/aromatic N) is 3. The summed E-state index contributed by atoms with van der Waals surface area (Å²) in [6.45, 7) is 2.65. The molecule has 2 unspecified atom stereocenters. The lowest BCUT2D eigenvalue weighted by atomic mass is 9.86. The van der Waals surface area contributed by atoms with Gasteiger partial charge in [-0.25, -0.2) is 4.79 Å². The number of anilines is 2. The maximum absolute atomic E-state index is 12.4. The number of carbonyl (C=O) groups is 1. The zero-order chi connectivity index (χ0) is 25.6. The van der Waals surface area contributed by atoms with Gasteiger partial charge in [0.2, 0.25) is 5.89 Å². The molecule has 2 N–H and O–H groups in total. The number of carbonyl (C=O) groups excluding carboxylic acids is 1. The highest BCUT2D eigenvalue weighted by Crippen LogP contribution is 2.55. The number of nitrogens with one attached hydrogen (secondary N) is 2. The van der Waals surface area contributed by atoms with Crippen molar-refractivity contribution in [3.05, 3.63) is 65.3 Å². The zero-order valence-corrected chi connectivity index (χ0v) is 21.9. The summed E-state index contributed by atoms with van der Waals surface area (Å²) < 4.78 is 11.7. The van der Waals surface area contributed by atoms with Crippen LogP contribution in [0, 0.1) is 0 Å².